The minimum Gasteiger partial charge on any atom is -0.322 e. The van der Waals surface area contributed by atoms with Gasteiger partial charge in [-0.25, -0.2) is 9.37 Å². The van der Waals surface area contributed by atoms with Gasteiger partial charge in [0.2, 0.25) is 0 Å². The van der Waals surface area contributed by atoms with Crippen LogP contribution < -0.4 is 0 Å². The fraction of sp³-hybridized carbons (Fsp3) is 0.154. The molecule has 0 atom stereocenters. The van der Waals surface area contributed by atoms with Crippen molar-refractivity contribution in [1.29, 1.82) is 0 Å². The number of halogens is 4. The molecule has 3 aromatic rings. The molecule has 2 nitrogen and oxygen atoms in total. The van der Waals surface area contributed by atoms with E-state index in [4.69, 9.17) is 34.8 Å². The molecule has 2 aromatic heterocycles. The molecule has 1 aromatic carbocycles. The van der Waals surface area contributed by atoms with E-state index in [1.54, 1.807) is 0 Å². The Morgan fingerprint density at radius 2 is 2.05 bits per heavy atom. The first kappa shape index (κ1) is 14.1. The summed E-state index contributed by atoms with van der Waals surface area (Å²) in [6.45, 7) is 0.553. The van der Waals surface area contributed by atoms with Crippen LogP contribution in [0.5, 0.6) is 0 Å². The molecule has 0 N–H and O–H groups in total. The van der Waals surface area contributed by atoms with Gasteiger partial charge in [-0.3, -0.25) is 0 Å². The second-order valence-electron chi connectivity index (χ2n) is 4.21. The topological polar surface area (TPSA) is 17.8 Å². The molecule has 0 radical (unpaired) electrons. The summed E-state index contributed by atoms with van der Waals surface area (Å²) in [5.41, 5.74) is 1.31. The van der Waals surface area contributed by atoms with Gasteiger partial charge in [0.15, 0.2) is 0 Å². The van der Waals surface area contributed by atoms with E-state index in [-0.39, 0.29) is 10.9 Å². The highest BCUT2D eigenvalue weighted by molar-refractivity contribution is 7.16. The molecule has 0 saturated heterocycles. The van der Waals surface area contributed by atoms with Gasteiger partial charge in [0, 0.05) is 10.9 Å². The van der Waals surface area contributed by atoms with Crippen LogP contribution in [0.3, 0.4) is 0 Å². The SMILES string of the molecule is Fc1cc2c(cc1Cl)nc(CCl)n2Cc1ccc(Cl)s1. The van der Waals surface area contributed by atoms with E-state index in [0.717, 1.165) is 4.88 Å². The highest BCUT2D eigenvalue weighted by Gasteiger charge is 2.14. The van der Waals surface area contributed by atoms with Gasteiger partial charge in [-0.05, 0) is 18.2 Å². The number of hydrogen-bond acceptors (Lipinski definition) is 2. The van der Waals surface area contributed by atoms with Crippen LogP contribution in [0.2, 0.25) is 9.36 Å². The van der Waals surface area contributed by atoms with Gasteiger partial charge in [-0.1, -0.05) is 23.2 Å². The average molecular weight is 350 g/mol. The van der Waals surface area contributed by atoms with Crippen LogP contribution in [0.4, 0.5) is 4.39 Å². The Hall–Kier alpha value is -0.810. The fourth-order valence-electron chi connectivity index (χ4n) is 2.04. The first-order chi connectivity index (χ1) is 9.58. The largest absolute Gasteiger partial charge is 0.322 e. The predicted molar refractivity (Wildman–Crippen MR) is 82.7 cm³/mol. The van der Waals surface area contributed by atoms with E-state index >= 15 is 0 Å². The lowest BCUT2D eigenvalue weighted by Crippen LogP contribution is -2.02. The highest BCUT2D eigenvalue weighted by atomic mass is 35.5. The fourth-order valence-corrected chi connectivity index (χ4v) is 3.48. The zero-order chi connectivity index (χ0) is 14.3. The summed E-state index contributed by atoms with van der Waals surface area (Å²) >= 11 is 19.1. The van der Waals surface area contributed by atoms with Gasteiger partial charge in [0.25, 0.3) is 0 Å². The van der Waals surface area contributed by atoms with Crippen LogP contribution in [0.1, 0.15) is 10.7 Å². The molecule has 104 valence electrons. The van der Waals surface area contributed by atoms with Crippen molar-refractivity contribution in [2.24, 2.45) is 0 Å². The Bertz CT molecular complexity index is 781. The summed E-state index contributed by atoms with van der Waals surface area (Å²) in [5.74, 6) is 0.450. The molecule has 0 aliphatic carbocycles. The first-order valence-corrected chi connectivity index (χ1v) is 7.83. The molecule has 3 rings (SSSR count). The minimum atomic E-state index is -0.467. The normalized spacial score (nSPS) is 11.4. The summed E-state index contributed by atoms with van der Waals surface area (Å²) in [4.78, 5) is 5.44. The number of hydrogen-bond donors (Lipinski definition) is 0. The van der Waals surface area contributed by atoms with Crippen LogP contribution in [0.15, 0.2) is 24.3 Å². The Morgan fingerprint density at radius 3 is 2.70 bits per heavy atom. The maximum atomic E-state index is 13.7. The summed E-state index contributed by atoms with van der Waals surface area (Å²) < 4.78 is 16.3. The van der Waals surface area contributed by atoms with Crippen molar-refractivity contribution >= 4 is 57.2 Å². The number of nitrogens with zero attached hydrogens (tertiary/aromatic N) is 2. The summed E-state index contributed by atoms with van der Waals surface area (Å²) in [7, 11) is 0. The van der Waals surface area contributed by atoms with Crippen molar-refractivity contribution in [2.45, 2.75) is 12.4 Å². The Balaban J connectivity index is 2.14. The molecule has 0 bridgehead atoms. The van der Waals surface area contributed by atoms with Crippen molar-refractivity contribution in [1.82, 2.24) is 9.55 Å². The summed E-state index contributed by atoms with van der Waals surface area (Å²) in [6, 6.07) is 6.66. The predicted octanol–water partition coefficient (Wildman–Crippen LogP) is 5.33. The van der Waals surface area contributed by atoms with Crippen molar-refractivity contribution in [2.75, 3.05) is 0 Å². The van der Waals surface area contributed by atoms with Crippen molar-refractivity contribution in [3.8, 4) is 0 Å². The van der Waals surface area contributed by atoms with Crippen LogP contribution in [-0.4, -0.2) is 9.55 Å². The van der Waals surface area contributed by atoms with Gasteiger partial charge in [-0.2, -0.15) is 0 Å². The number of fused-ring (bicyclic) bond motifs is 1. The van der Waals surface area contributed by atoms with Gasteiger partial charge in [0.05, 0.1) is 32.8 Å². The van der Waals surface area contributed by atoms with Gasteiger partial charge in [0.1, 0.15) is 11.6 Å². The van der Waals surface area contributed by atoms with E-state index < -0.39 is 5.82 Å². The van der Waals surface area contributed by atoms with Gasteiger partial charge in [-0.15, -0.1) is 22.9 Å². The quantitative estimate of drug-likeness (QED) is 0.584. The molecular formula is C13H8Cl3FN2S. The molecule has 2 heterocycles. The smallest absolute Gasteiger partial charge is 0.144 e. The molecular weight excluding hydrogens is 342 g/mol. The number of rotatable bonds is 3. The Kier molecular flexibility index (Phi) is 3.91. The van der Waals surface area contributed by atoms with Gasteiger partial charge >= 0.3 is 0 Å². The molecule has 0 fully saturated rings. The second-order valence-corrected chi connectivity index (χ2v) is 6.68. The lowest BCUT2D eigenvalue weighted by molar-refractivity contribution is 0.628. The zero-order valence-electron chi connectivity index (χ0n) is 10.0. The van der Waals surface area contributed by atoms with E-state index in [9.17, 15) is 4.39 Å². The van der Waals surface area contributed by atoms with Crippen LogP contribution >= 0.6 is 46.1 Å². The highest BCUT2D eigenvalue weighted by Crippen LogP contribution is 2.27. The third kappa shape index (κ3) is 2.53. The van der Waals surface area contributed by atoms with Crippen molar-refractivity contribution in [3.63, 3.8) is 0 Å². The van der Waals surface area contributed by atoms with Crippen molar-refractivity contribution in [3.05, 3.63) is 50.1 Å². The molecule has 0 aliphatic heterocycles. The van der Waals surface area contributed by atoms with Crippen LogP contribution in [0, 0.1) is 5.82 Å². The zero-order valence-corrected chi connectivity index (χ0v) is 13.1. The molecule has 0 amide bonds. The monoisotopic (exact) mass is 348 g/mol. The maximum Gasteiger partial charge on any atom is 0.144 e. The van der Waals surface area contributed by atoms with E-state index in [1.165, 1.54) is 23.5 Å². The molecule has 0 spiro atoms. The standard InChI is InChI=1S/C13H8Cl3FN2S/c14-5-13-18-10-3-8(15)9(17)4-11(10)19(13)6-7-1-2-12(16)20-7/h1-4H,5-6H2. The third-order valence-corrected chi connectivity index (χ3v) is 4.68. The van der Waals surface area contributed by atoms with Gasteiger partial charge < -0.3 is 4.57 Å². The third-order valence-electron chi connectivity index (χ3n) is 2.93. The molecule has 0 unspecified atom stereocenters. The molecule has 0 saturated carbocycles. The number of imidazole rings is 1. The van der Waals surface area contributed by atoms with Crippen LogP contribution in [-0.2, 0) is 12.4 Å². The van der Waals surface area contributed by atoms with E-state index in [2.05, 4.69) is 4.98 Å². The Morgan fingerprint density at radius 1 is 1.25 bits per heavy atom. The summed E-state index contributed by atoms with van der Waals surface area (Å²) in [5, 5.41) is 0.0578. The lowest BCUT2D eigenvalue weighted by atomic mass is 10.3. The van der Waals surface area contributed by atoms with Crippen LogP contribution in [0.25, 0.3) is 11.0 Å². The summed E-state index contributed by atoms with van der Waals surface area (Å²) in [6.07, 6.45) is 0. The molecule has 20 heavy (non-hydrogen) atoms. The molecule has 7 heteroatoms. The molecule has 0 aliphatic rings. The lowest BCUT2D eigenvalue weighted by Gasteiger charge is -2.06. The number of thiophene rings is 1. The van der Waals surface area contributed by atoms with E-state index in [0.29, 0.717) is 27.7 Å². The number of alkyl halides is 1. The van der Waals surface area contributed by atoms with Crippen molar-refractivity contribution < 1.29 is 4.39 Å². The maximum absolute atomic E-state index is 13.7. The second kappa shape index (κ2) is 5.53. The van der Waals surface area contributed by atoms with E-state index in [1.807, 2.05) is 16.7 Å². The Labute approximate surface area is 133 Å². The average Bonchev–Trinajstić information content (AvgIpc) is 2.96. The number of aromatic nitrogens is 2. The minimum absolute atomic E-state index is 0.0578. The number of benzene rings is 1. The first-order valence-electron chi connectivity index (χ1n) is 5.73.